The van der Waals surface area contributed by atoms with Crippen LogP contribution >= 0.6 is 12.4 Å². The Hall–Kier alpha value is -3.30. The minimum Gasteiger partial charge on any atom is -0.338 e. The van der Waals surface area contributed by atoms with Crippen molar-refractivity contribution >= 4 is 23.9 Å². The van der Waals surface area contributed by atoms with E-state index in [1.54, 1.807) is 0 Å². The van der Waals surface area contributed by atoms with Gasteiger partial charge < -0.3 is 4.90 Å². The molecular formula is C29H27ClF6N2O. The zero-order chi connectivity index (χ0) is 27.5. The minimum atomic E-state index is -4.95. The van der Waals surface area contributed by atoms with Gasteiger partial charge >= 0.3 is 12.4 Å². The summed E-state index contributed by atoms with van der Waals surface area (Å²) in [7, 11) is 1.39. The number of nitrogens with zero attached hydrogens (tertiary/aromatic N) is 2. The Morgan fingerprint density at radius 1 is 0.821 bits per heavy atom. The number of carbonyl (C=O) groups excluding carboxylic acids is 1. The van der Waals surface area contributed by atoms with Crippen molar-refractivity contribution in [2.75, 3.05) is 20.1 Å². The van der Waals surface area contributed by atoms with Crippen LogP contribution in [0.5, 0.6) is 0 Å². The number of benzene rings is 3. The fraction of sp³-hybridized carbons (Fsp3) is 0.276. The highest BCUT2D eigenvalue weighted by molar-refractivity contribution is 6.01. The van der Waals surface area contributed by atoms with Gasteiger partial charge in [-0.05, 0) is 46.9 Å². The Morgan fingerprint density at radius 2 is 1.36 bits per heavy atom. The molecule has 208 valence electrons. The fourth-order valence-corrected chi connectivity index (χ4v) is 4.62. The van der Waals surface area contributed by atoms with Crippen LogP contribution in [0.1, 0.15) is 34.2 Å². The van der Waals surface area contributed by atoms with Crippen LogP contribution in [-0.2, 0) is 30.2 Å². The summed E-state index contributed by atoms with van der Waals surface area (Å²) in [5, 5.41) is 0. The van der Waals surface area contributed by atoms with Crippen LogP contribution in [-0.4, -0.2) is 35.8 Å². The Bertz CT molecular complexity index is 1270. The molecule has 1 aliphatic heterocycles. The van der Waals surface area contributed by atoms with E-state index < -0.39 is 35.9 Å². The van der Waals surface area contributed by atoms with Gasteiger partial charge in [0.1, 0.15) is 0 Å². The van der Waals surface area contributed by atoms with E-state index in [0.717, 1.165) is 16.7 Å². The molecule has 0 saturated heterocycles. The van der Waals surface area contributed by atoms with Crippen molar-refractivity contribution in [2.24, 2.45) is 0 Å². The molecule has 39 heavy (non-hydrogen) atoms. The first kappa shape index (κ1) is 30.2. The second-order valence-electron chi connectivity index (χ2n) is 9.34. The Morgan fingerprint density at radius 3 is 1.90 bits per heavy atom. The maximum Gasteiger partial charge on any atom is 0.416 e. The third-order valence-corrected chi connectivity index (χ3v) is 6.47. The lowest BCUT2D eigenvalue weighted by atomic mass is 9.92. The lowest BCUT2D eigenvalue weighted by Gasteiger charge is -2.32. The largest absolute Gasteiger partial charge is 0.416 e. The van der Waals surface area contributed by atoms with E-state index in [1.807, 2.05) is 60.7 Å². The molecule has 0 bridgehead atoms. The van der Waals surface area contributed by atoms with Gasteiger partial charge in [-0.25, -0.2) is 0 Å². The van der Waals surface area contributed by atoms with Gasteiger partial charge in [-0.2, -0.15) is 26.3 Å². The second kappa shape index (κ2) is 12.3. The first-order valence-electron chi connectivity index (χ1n) is 12.0. The normalized spacial score (nSPS) is 14.6. The predicted octanol–water partition coefficient (Wildman–Crippen LogP) is 7.46. The van der Waals surface area contributed by atoms with E-state index in [9.17, 15) is 31.1 Å². The average Bonchev–Trinajstić information content (AvgIpc) is 2.88. The molecule has 1 heterocycles. The number of likely N-dealkylation sites (N-methyl/N-ethyl adjacent to an activating group) is 1. The van der Waals surface area contributed by atoms with E-state index in [-0.39, 0.29) is 24.0 Å². The molecule has 1 amide bonds. The molecule has 0 atom stereocenters. The van der Waals surface area contributed by atoms with E-state index >= 15 is 0 Å². The van der Waals surface area contributed by atoms with Crippen molar-refractivity contribution in [1.82, 2.24) is 9.80 Å². The third-order valence-electron chi connectivity index (χ3n) is 6.47. The highest BCUT2D eigenvalue weighted by Gasteiger charge is 2.37. The quantitative estimate of drug-likeness (QED) is 0.288. The standard InChI is InChI=1S/C29H26F6N2O.ClH/c1-36(17-21-14-23(28(30,31)32)16-24(15-21)29(33,34)35)27(38)25-12-13-37(18-20-8-4-2-5-9-20)19-26(25)22-10-6-3-7-11-22;/h2-11,14-16H,12-13,17-19H2,1H3;1H. The molecule has 0 spiro atoms. The average molecular weight is 569 g/mol. The zero-order valence-corrected chi connectivity index (χ0v) is 21.8. The van der Waals surface area contributed by atoms with E-state index in [1.165, 1.54) is 11.9 Å². The Balaban J connectivity index is 0.00000420. The molecule has 0 N–H and O–H groups in total. The summed E-state index contributed by atoms with van der Waals surface area (Å²) in [4.78, 5) is 16.9. The first-order chi connectivity index (χ1) is 17.9. The van der Waals surface area contributed by atoms with Gasteiger partial charge in [-0.3, -0.25) is 9.69 Å². The number of carbonyl (C=O) groups is 1. The van der Waals surface area contributed by atoms with Crippen LogP contribution in [0.25, 0.3) is 5.57 Å². The summed E-state index contributed by atoms with van der Waals surface area (Å²) in [5.74, 6) is -0.422. The Kier molecular flexibility index (Phi) is 9.51. The van der Waals surface area contributed by atoms with E-state index in [4.69, 9.17) is 0 Å². The fourth-order valence-electron chi connectivity index (χ4n) is 4.62. The summed E-state index contributed by atoms with van der Waals surface area (Å²) in [6.07, 6.45) is -9.50. The van der Waals surface area contributed by atoms with Gasteiger partial charge in [0.2, 0.25) is 5.91 Å². The van der Waals surface area contributed by atoms with Gasteiger partial charge in [-0.1, -0.05) is 60.7 Å². The lowest BCUT2D eigenvalue weighted by Crippen LogP contribution is -2.36. The molecule has 0 unspecified atom stereocenters. The number of hydrogen-bond acceptors (Lipinski definition) is 2. The molecule has 0 aromatic heterocycles. The molecule has 4 rings (SSSR count). The Labute approximate surface area is 229 Å². The number of alkyl halides is 6. The van der Waals surface area contributed by atoms with Crippen LogP contribution in [0.3, 0.4) is 0 Å². The first-order valence-corrected chi connectivity index (χ1v) is 12.0. The number of amides is 1. The lowest BCUT2D eigenvalue weighted by molar-refractivity contribution is -0.143. The molecule has 10 heteroatoms. The maximum absolute atomic E-state index is 13.5. The number of rotatable bonds is 6. The molecular weight excluding hydrogens is 542 g/mol. The van der Waals surface area contributed by atoms with Crippen LogP contribution < -0.4 is 0 Å². The molecule has 0 radical (unpaired) electrons. The number of halogens is 7. The smallest absolute Gasteiger partial charge is 0.338 e. The van der Waals surface area contributed by atoms with Crippen molar-refractivity contribution in [3.8, 4) is 0 Å². The minimum absolute atomic E-state index is 0. The maximum atomic E-state index is 13.5. The summed E-state index contributed by atoms with van der Waals surface area (Å²) in [6.45, 7) is 1.35. The van der Waals surface area contributed by atoms with Crippen molar-refractivity contribution in [2.45, 2.75) is 31.9 Å². The van der Waals surface area contributed by atoms with Crippen molar-refractivity contribution in [3.63, 3.8) is 0 Å². The highest BCUT2D eigenvalue weighted by atomic mass is 35.5. The van der Waals surface area contributed by atoms with Crippen LogP contribution in [0, 0.1) is 0 Å². The molecule has 0 fully saturated rings. The van der Waals surface area contributed by atoms with Crippen molar-refractivity contribution < 1.29 is 31.1 Å². The molecule has 3 nitrogen and oxygen atoms in total. The third kappa shape index (κ3) is 7.64. The van der Waals surface area contributed by atoms with Gasteiger partial charge in [0.25, 0.3) is 0 Å². The summed E-state index contributed by atoms with van der Waals surface area (Å²) >= 11 is 0. The topological polar surface area (TPSA) is 23.6 Å². The van der Waals surface area contributed by atoms with E-state index in [2.05, 4.69) is 4.90 Å². The predicted molar refractivity (Wildman–Crippen MR) is 140 cm³/mol. The van der Waals surface area contributed by atoms with Gasteiger partial charge in [0.05, 0.1) is 11.1 Å². The SMILES string of the molecule is CN(Cc1cc(C(F)(F)F)cc(C(F)(F)F)c1)C(=O)C1=C(c2ccccc2)CN(Cc2ccccc2)CC1.Cl. The van der Waals surface area contributed by atoms with Gasteiger partial charge in [-0.15, -0.1) is 12.4 Å². The zero-order valence-electron chi connectivity index (χ0n) is 21.0. The second-order valence-corrected chi connectivity index (χ2v) is 9.34. The molecule has 0 aliphatic carbocycles. The molecule has 3 aromatic carbocycles. The molecule has 1 aliphatic rings. The van der Waals surface area contributed by atoms with Crippen LogP contribution in [0.15, 0.2) is 84.4 Å². The summed E-state index contributed by atoms with van der Waals surface area (Å²) < 4.78 is 79.8. The van der Waals surface area contributed by atoms with Crippen LogP contribution in [0.4, 0.5) is 26.3 Å². The summed E-state index contributed by atoms with van der Waals surface area (Å²) in [5.41, 5.74) is 0.225. The monoisotopic (exact) mass is 568 g/mol. The highest BCUT2D eigenvalue weighted by Crippen LogP contribution is 2.37. The summed E-state index contributed by atoms with van der Waals surface area (Å²) in [6, 6.07) is 20.6. The molecule has 3 aromatic rings. The van der Waals surface area contributed by atoms with Gasteiger partial charge in [0.15, 0.2) is 0 Å². The van der Waals surface area contributed by atoms with Crippen molar-refractivity contribution in [1.29, 1.82) is 0 Å². The van der Waals surface area contributed by atoms with Crippen LogP contribution in [0.2, 0.25) is 0 Å². The number of hydrogen-bond donors (Lipinski definition) is 0. The van der Waals surface area contributed by atoms with Crippen molar-refractivity contribution in [3.05, 3.63) is 112 Å². The van der Waals surface area contributed by atoms with Gasteiger partial charge in [0, 0.05) is 38.8 Å². The molecule has 0 saturated carbocycles. The van der Waals surface area contributed by atoms with E-state index in [0.29, 0.717) is 43.8 Å².